The third kappa shape index (κ3) is 1.80. The van der Waals surface area contributed by atoms with Crippen molar-refractivity contribution in [3.63, 3.8) is 0 Å². The second-order valence-corrected chi connectivity index (χ2v) is 3.94. The van der Waals surface area contributed by atoms with Crippen molar-refractivity contribution < 1.29 is 8.78 Å². The molecule has 1 heterocycles. The van der Waals surface area contributed by atoms with E-state index in [1.165, 1.54) is 12.1 Å². The minimum atomic E-state index is -2.83. The summed E-state index contributed by atoms with van der Waals surface area (Å²) in [5.74, 6) is -2.83. The van der Waals surface area contributed by atoms with Gasteiger partial charge in [-0.1, -0.05) is 6.07 Å². The van der Waals surface area contributed by atoms with Gasteiger partial charge in [-0.15, -0.1) is 0 Å². The summed E-state index contributed by atoms with van der Waals surface area (Å²) in [6, 6.07) is 6.55. The Morgan fingerprint density at radius 3 is 2.75 bits per heavy atom. The van der Waals surface area contributed by atoms with Crippen LogP contribution >= 0.6 is 0 Å². The van der Waals surface area contributed by atoms with Crippen LogP contribution in [0.3, 0.4) is 0 Å². The summed E-state index contributed by atoms with van der Waals surface area (Å²) in [6.07, 6.45) is 1.54. The van der Waals surface area contributed by atoms with E-state index in [0.717, 1.165) is 10.9 Å². The fourth-order valence-electron chi connectivity index (χ4n) is 1.83. The van der Waals surface area contributed by atoms with Crippen LogP contribution in [0.2, 0.25) is 0 Å². The number of benzene rings is 1. The molecule has 4 heteroatoms. The molecule has 0 saturated carbocycles. The van der Waals surface area contributed by atoms with E-state index in [1.807, 2.05) is 23.9 Å². The lowest BCUT2D eigenvalue weighted by molar-refractivity contribution is -0.0105. The molecule has 1 aromatic carbocycles. The van der Waals surface area contributed by atoms with Crippen molar-refractivity contribution in [3.05, 3.63) is 36.0 Å². The average Bonchev–Trinajstić information content (AvgIpc) is 2.60. The monoisotopic (exact) mass is 224 g/mol. The van der Waals surface area contributed by atoms with Gasteiger partial charge in [-0.25, -0.2) is 8.78 Å². The largest absolute Gasteiger partial charge is 0.351 e. The lowest BCUT2D eigenvalue weighted by Crippen LogP contribution is -2.18. The molecule has 0 bridgehead atoms. The molecule has 16 heavy (non-hydrogen) atoms. The maximum atomic E-state index is 13.6. The van der Waals surface area contributed by atoms with Crippen LogP contribution in [0, 0.1) is 0 Å². The van der Waals surface area contributed by atoms with E-state index in [-0.39, 0.29) is 18.5 Å². The van der Waals surface area contributed by atoms with Crippen LogP contribution in [0.25, 0.3) is 10.9 Å². The molecular weight excluding hydrogens is 210 g/mol. The highest BCUT2D eigenvalue weighted by Gasteiger charge is 2.30. The number of halogens is 2. The zero-order chi connectivity index (χ0) is 11.8. The van der Waals surface area contributed by atoms with Gasteiger partial charge in [0.1, 0.15) is 0 Å². The van der Waals surface area contributed by atoms with E-state index in [2.05, 4.69) is 0 Å². The Morgan fingerprint density at radius 2 is 2.06 bits per heavy atom. The second kappa shape index (κ2) is 3.87. The van der Waals surface area contributed by atoms with Gasteiger partial charge in [0.05, 0.1) is 0 Å². The SMILES string of the molecule is Cn1ccc2cc(C(F)(F)CCN)ccc21. The third-order valence-electron chi connectivity index (χ3n) is 2.77. The Bertz CT molecular complexity index is 503. The molecule has 1 aromatic heterocycles. The number of hydrogen-bond donors (Lipinski definition) is 1. The maximum absolute atomic E-state index is 13.6. The minimum absolute atomic E-state index is 0.0141. The van der Waals surface area contributed by atoms with Crippen molar-refractivity contribution in [2.24, 2.45) is 12.8 Å². The summed E-state index contributed by atoms with van der Waals surface area (Å²) in [5.41, 5.74) is 6.17. The molecule has 0 aliphatic carbocycles. The summed E-state index contributed by atoms with van der Waals surface area (Å²) in [6.45, 7) is -0.0141. The molecule has 0 aliphatic rings. The fraction of sp³-hybridized carbons (Fsp3) is 0.333. The minimum Gasteiger partial charge on any atom is -0.351 e. The first kappa shape index (κ1) is 11.1. The molecule has 0 unspecified atom stereocenters. The lowest BCUT2D eigenvalue weighted by atomic mass is 10.0. The van der Waals surface area contributed by atoms with E-state index in [9.17, 15) is 8.78 Å². The number of aryl methyl sites for hydroxylation is 1. The van der Waals surface area contributed by atoms with E-state index in [1.54, 1.807) is 6.07 Å². The molecule has 0 aliphatic heterocycles. The molecule has 86 valence electrons. The Morgan fingerprint density at radius 1 is 1.31 bits per heavy atom. The molecule has 2 nitrogen and oxygen atoms in total. The first-order chi connectivity index (χ1) is 7.54. The molecule has 2 rings (SSSR count). The highest BCUT2D eigenvalue weighted by Crippen LogP contribution is 2.33. The smallest absolute Gasteiger partial charge is 0.274 e. The normalized spacial score (nSPS) is 12.2. The van der Waals surface area contributed by atoms with Crippen LogP contribution in [-0.2, 0) is 13.0 Å². The standard InChI is InChI=1S/C12H14F2N2/c1-16-7-4-9-8-10(2-3-11(9)16)12(13,14)5-6-15/h2-4,7-8H,5-6,15H2,1H3. The van der Waals surface area contributed by atoms with Crippen LogP contribution in [0.15, 0.2) is 30.5 Å². The zero-order valence-electron chi connectivity index (χ0n) is 9.08. The Hall–Kier alpha value is -1.42. The predicted octanol–water partition coefficient (Wildman–Crippen LogP) is 2.62. The molecule has 2 N–H and O–H groups in total. The highest BCUT2D eigenvalue weighted by atomic mass is 19.3. The molecule has 2 aromatic rings. The zero-order valence-corrected chi connectivity index (χ0v) is 9.08. The van der Waals surface area contributed by atoms with Crippen molar-refractivity contribution in [2.45, 2.75) is 12.3 Å². The predicted molar refractivity (Wildman–Crippen MR) is 60.5 cm³/mol. The van der Waals surface area contributed by atoms with Crippen molar-refractivity contribution in [3.8, 4) is 0 Å². The summed E-state index contributed by atoms with van der Waals surface area (Å²) < 4.78 is 29.1. The van der Waals surface area contributed by atoms with Crippen molar-refractivity contribution in [1.82, 2.24) is 4.57 Å². The number of rotatable bonds is 3. The third-order valence-corrected chi connectivity index (χ3v) is 2.77. The van der Waals surface area contributed by atoms with Gasteiger partial charge in [0.25, 0.3) is 5.92 Å². The quantitative estimate of drug-likeness (QED) is 0.853. The van der Waals surface area contributed by atoms with E-state index in [4.69, 9.17) is 5.73 Å². The van der Waals surface area contributed by atoms with Crippen LogP contribution in [0.4, 0.5) is 8.78 Å². The number of nitrogens with zero attached hydrogens (tertiary/aromatic N) is 1. The summed E-state index contributed by atoms with van der Waals surface area (Å²) in [4.78, 5) is 0. The van der Waals surface area contributed by atoms with Crippen molar-refractivity contribution in [1.29, 1.82) is 0 Å². The van der Waals surface area contributed by atoms with Crippen LogP contribution in [0.1, 0.15) is 12.0 Å². The first-order valence-corrected chi connectivity index (χ1v) is 5.18. The molecule has 0 spiro atoms. The maximum Gasteiger partial charge on any atom is 0.274 e. The molecule has 0 radical (unpaired) electrons. The summed E-state index contributed by atoms with van der Waals surface area (Å²) >= 11 is 0. The van der Waals surface area contributed by atoms with Gasteiger partial charge in [0.2, 0.25) is 0 Å². The molecule has 0 fully saturated rings. The molecule has 0 saturated heterocycles. The Kier molecular flexibility index (Phi) is 2.68. The van der Waals surface area contributed by atoms with Gasteiger partial charge in [-0.3, -0.25) is 0 Å². The van der Waals surface area contributed by atoms with Gasteiger partial charge in [-0.2, -0.15) is 0 Å². The van der Waals surface area contributed by atoms with Gasteiger partial charge < -0.3 is 10.3 Å². The lowest BCUT2D eigenvalue weighted by Gasteiger charge is -2.15. The van der Waals surface area contributed by atoms with Gasteiger partial charge in [0.15, 0.2) is 0 Å². The summed E-state index contributed by atoms with van der Waals surface area (Å²) in [7, 11) is 1.89. The number of hydrogen-bond acceptors (Lipinski definition) is 1. The summed E-state index contributed by atoms with van der Waals surface area (Å²) in [5, 5.41) is 0.830. The van der Waals surface area contributed by atoms with Crippen molar-refractivity contribution in [2.75, 3.05) is 6.54 Å². The van der Waals surface area contributed by atoms with Crippen molar-refractivity contribution >= 4 is 10.9 Å². The van der Waals surface area contributed by atoms with Gasteiger partial charge in [0, 0.05) is 36.1 Å². The van der Waals surface area contributed by atoms with Gasteiger partial charge in [-0.05, 0) is 24.7 Å². The van der Waals surface area contributed by atoms with E-state index < -0.39 is 5.92 Å². The van der Waals surface area contributed by atoms with Gasteiger partial charge >= 0.3 is 0 Å². The number of nitrogens with two attached hydrogens (primary N) is 1. The Balaban J connectivity index is 2.46. The number of alkyl halides is 2. The van der Waals surface area contributed by atoms with Crippen LogP contribution in [0.5, 0.6) is 0 Å². The molecular formula is C12H14F2N2. The number of fused-ring (bicyclic) bond motifs is 1. The number of aromatic nitrogens is 1. The van der Waals surface area contributed by atoms with E-state index in [0.29, 0.717) is 0 Å². The molecule has 0 atom stereocenters. The van der Waals surface area contributed by atoms with Crippen LogP contribution in [-0.4, -0.2) is 11.1 Å². The highest BCUT2D eigenvalue weighted by molar-refractivity contribution is 5.80. The Labute approximate surface area is 92.7 Å². The second-order valence-electron chi connectivity index (χ2n) is 3.94. The van der Waals surface area contributed by atoms with Crippen LogP contribution < -0.4 is 5.73 Å². The molecule has 0 amide bonds. The van der Waals surface area contributed by atoms with E-state index >= 15 is 0 Å². The topological polar surface area (TPSA) is 30.9 Å². The first-order valence-electron chi connectivity index (χ1n) is 5.18. The fourth-order valence-corrected chi connectivity index (χ4v) is 1.83. The average molecular weight is 224 g/mol.